The second-order valence-corrected chi connectivity index (χ2v) is 8.61. The molecule has 28 heavy (non-hydrogen) atoms. The minimum atomic E-state index is -0.293. The van der Waals surface area contributed by atoms with Crippen LogP contribution in [0.1, 0.15) is 31.4 Å². The van der Waals surface area contributed by atoms with Crippen molar-refractivity contribution in [3.63, 3.8) is 0 Å². The van der Waals surface area contributed by atoms with Crippen LogP contribution < -0.4 is 10.6 Å². The first kappa shape index (κ1) is 20.1. The van der Waals surface area contributed by atoms with Crippen molar-refractivity contribution in [2.45, 2.75) is 13.3 Å². The lowest BCUT2D eigenvalue weighted by Crippen LogP contribution is -2.21. The Hall–Kier alpha value is -2.63. The highest BCUT2D eigenvalue weighted by Gasteiger charge is 2.18. The van der Waals surface area contributed by atoms with Gasteiger partial charge < -0.3 is 10.2 Å². The van der Waals surface area contributed by atoms with Crippen molar-refractivity contribution in [3.8, 4) is 0 Å². The quantitative estimate of drug-likeness (QED) is 0.619. The number of thiazole rings is 2. The zero-order valence-corrected chi connectivity index (χ0v) is 17.8. The Morgan fingerprint density at radius 2 is 1.89 bits per heavy atom. The topological polar surface area (TPSA) is 104 Å². The highest BCUT2D eigenvalue weighted by atomic mass is 32.1. The maximum atomic E-state index is 12.3. The van der Waals surface area contributed by atoms with Gasteiger partial charge in [0.25, 0.3) is 11.8 Å². The molecule has 0 atom stereocenters. The Bertz CT molecular complexity index is 1010. The number of nitrogens with one attached hydrogen (secondary N) is 2. The number of carbonyl (C=O) groups excluding carboxylic acids is 3. The zero-order chi connectivity index (χ0) is 20.3. The summed E-state index contributed by atoms with van der Waals surface area (Å²) in [6, 6.07) is 1.73. The van der Waals surface area contributed by atoms with Gasteiger partial charge in [-0.2, -0.15) is 11.3 Å². The molecular formula is C17H17N5O3S3. The van der Waals surface area contributed by atoms with Gasteiger partial charge in [0, 0.05) is 24.9 Å². The number of aromatic nitrogens is 2. The van der Waals surface area contributed by atoms with E-state index in [1.54, 1.807) is 37.8 Å². The predicted octanol–water partition coefficient (Wildman–Crippen LogP) is 3.10. The Balaban J connectivity index is 1.58. The molecule has 0 bridgehead atoms. The molecule has 3 amide bonds. The Kier molecular flexibility index (Phi) is 6.17. The lowest BCUT2D eigenvalue weighted by Gasteiger charge is -2.07. The first-order valence-electron chi connectivity index (χ1n) is 8.10. The number of hydrogen-bond donors (Lipinski definition) is 2. The Morgan fingerprint density at radius 3 is 2.57 bits per heavy atom. The van der Waals surface area contributed by atoms with E-state index in [0.29, 0.717) is 32.1 Å². The van der Waals surface area contributed by atoms with Gasteiger partial charge in [0.05, 0.1) is 23.4 Å². The molecule has 11 heteroatoms. The number of anilines is 2. The van der Waals surface area contributed by atoms with Crippen LogP contribution in [0, 0.1) is 6.92 Å². The van der Waals surface area contributed by atoms with Crippen LogP contribution >= 0.6 is 34.0 Å². The predicted molar refractivity (Wildman–Crippen MR) is 112 cm³/mol. The standard InChI is InChI=1S/C17H17N5O3S3/c1-9-13(15(25)22(2)3)28-17(18-9)20-12(23)6-11-8-27-16(19-11)21-14(24)10-4-5-26-7-10/h4-5,7-8H,6H2,1-3H3,(H,18,20,23)(H,19,21,24). The number of nitrogens with zero attached hydrogens (tertiary/aromatic N) is 3. The van der Waals surface area contributed by atoms with Crippen molar-refractivity contribution in [1.29, 1.82) is 0 Å². The molecule has 3 heterocycles. The highest BCUT2D eigenvalue weighted by Crippen LogP contribution is 2.24. The smallest absolute Gasteiger partial charge is 0.265 e. The van der Waals surface area contributed by atoms with Crippen molar-refractivity contribution >= 4 is 62.0 Å². The first-order chi connectivity index (χ1) is 13.3. The van der Waals surface area contributed by atoms with Crippen LogP contribution in [-0.2, 0) is 11.2 Å². The van der Waals surface area contributed by atoms with Gasteiger partial charge in [-0.1, -0.05) is 11.3 Å². The van der Waals surface area contributed by atoms with E-state index in [0.717, 1.165) is 11.3 Å². The van der Waals surface area contributed by atoms with Gasteiger partial charge in [0.15, 0.2) is 10.3 Å². The van der Waals surface area contributed by atoms with E-state index in [2.05, 4.69) is 20.6 Å². The molecule has 0 aliphatic heterocycles. The molecule has 0 saturated carbocycles. The molecule has 0 aliphatic rings. The average molecular weight is 436 g/mol. The van der Waals surface area contributed by atoms with Crippen molar-refractivity contribution in [2.24, 2.45) is 0 Å². The molecule has 0 spiro atoms. The van der Waals surface area contributed by atoms with Crippen molar-refractivity contribution in [2.75, 3.05) is 24.7 Å². The van der Waals surface area contributed by atoms with E-state index >= 15 is 0 Å². The number of amides is 3. The minimum absolute atomic E-state index is 0.0421. The van der Waals surface area contributed by atoms with E-state index in [9.17, 15) is 14.4 Å². The van der Waals surface area contributed by atoms with Crippen LogP contribution in [0.2, 0.25) is 0 Å². The molecule has 8 nitrogen and oxygen atoms in total. The third-order valence-electron chi connectivity index (χ3n) is 3.54. The molecule has 0 fully saturated rings. The highest BCUT2D eigenvalue weighted by molar-refractivity contribution is 7.17. The van der Waals surface area contributed by atoms with Gasteiger partial charge in [-0.05, 0) is 18.4 Å². The molecule has 3 aromatic heterocycles. The molecule has 0 unspecified atom stereocenters. The number of carbonyl (C=O) groups is 3. The lowest BCUT2D eigenvalue weighted by atomic mass is 10.3. The molecule has 0 radical (unpaired) electrons. The van der Waals surface area contributed by atoms with Crippen molar-refractivity contribution < 1.29 is 14.4 Å². The summed E-state index contributed by atoms with van der Waals surface area (Å²) in [5.41, 5.74) is 1.69. The van der Waals surface area contributed by atoms with Crippen molar-refractivity contribution in [1.82, 2.24) is 14.9 Å². The summed E-state index contributed by atoms with van der Waals surface area (Å²) in [4.78, 5) is 46.8. The van der Waals surface area contributed by atoms with Gasteiger partial charge in [-0.25, -0.2) is 9.97 Å². The summed E-state index contributed by atoms with van der Waals surface area (Å²) in [7, 11) is 3.33. The fraction of sp³-hybridized carbons (Fsp3) is 0.235. The third-order valence-corrected chi connectivity index (χ3v) is 6.09. The van der Waals surface area contributed by atoms with E-state index in [1.807, 2.05) is 5.38 Å². The summed E-state index contributed by atoms with van der Waals surface area (Å²) in [6.07, 6.45) is 0.0421. The summed E-state index contributed by atoms with van der Waals surface area (Å²) < 4.78 is 0. The van der Waals surface area contributed by atoms with Gasteiger partial charge in [-0.15, -0.1) is 11.3 Å². The molecule has 2 N–H and O–H groups in total. The van der Waals surface area contributed by atoms with Crippen molar-refractivity contribution in [3.05, 3.63) is 44.0 Å². The summed E-state index contributed by atoms with van der Waals surface area (Å²) in [6.45, 7) is 1.73. The fourth-order valence-corrected chi connectivity index (χ4v) is 4.53. The SMILES string of the molecule is Cc1nc(NC(=O)Cc2csc(NC(=O)c3ccsc3)n2)sc1C(=O)N(C)C. The van der Waals surface area contributed by atoms with Crippen LogP contribution in [0.15, 0.2) is 22.2 Å². The molecule has 0 aliphatic carbocycles. The number of aryl methyl sites for hydroxylation is 1. The summed E-state index contributed by atoms with van der Waals surface area (Å²) >= 11 is 3.83. The maximum absolute atomic E-state index is 12.3. The van der Waals surface area contributed by atoms with Gasteiger partial charge >= 0.3 is 0 Å². The van der Waals surface area contributed by atoms with Crippen LogP contribution in [0.4, 0.5) is 10.3 Å². The monoisotopic (exact) mass is 435 g/mol. The number of rotatable bonds is 6. The average Bonchev–Trinajstić information content (AvgIpc) is 3.36. The molecule has 3 aromatic rings. The lowest BCUT2D eigenvalue weighted by molar-refractivity contribution is -0.115. The number of hydrogen-bond acceptors (Lipinski definition) is 8. The van der Waals surface area contributed by atoms with E-state index in [1.165, 1.54) is 27.6 Å². The van der Waals surface area contributed by atoms with E-state index < -0.39 is 0 Å². The normalized spacial score (nSPS) is 10.5. The first-order valence-corrected chi connectivity index (χ1v) is 10.7. The van der Waals surface area contributed by atoms with Crippen LogP contribution in [0.25, 0.3) is 0 Å². The Labute approximate surface area is 173 Å². The second-order valence-electron chi connectivity index (χ2n) is 5.97. The molecule has 146 valence electrons. The second kappa shape index (κ2) is 8.59. The van der Waals surface area contributed by atoms with Crippen LogP contribution in [-0.4, -0.2) is 46.7 Å². The maximum Gasteiger partial charge on any atom is 0.265 e. The molecule has 3 rings (SSSR count). The molecule has 0 saturated heterocycles. The van der Waals surface area contributed by atoms with Gasteiger partial charge in [-0.3, -0.25) is 19.7 Å². The Morgan fingerprint density at radius 1 is 1.11 bits per heavy atom. The largest absolute Gasteiger partial charge is 0.344 e. The van der Waals surface area contributed by atoms with Gasteiger partial charge in [0.2, 0.25) is 5.91 Å². The fourth-order valence-electron chi connectivity index (χ4n) is 2.19. The molecular weight excluding hydrogens is 418 g/mol. The van der Waals surface area contributed by atoms with E-state index in [-0.39, 0.29) is 24.1 Å². The van der Waals surface area contributed by atoms with Gasteiger partial charge in [0.1, 0.15) is 4.88 Å². The summed E-state index contributed by atoms with van der Waals surface area (Å²) in [5, 5.41) is 11.5. The third kappa shape index (κ3) is 4.80. The molecule has 0 aromatic carbocycles. The number of thiophene rings is 1. The minimum Gasteiger partial charge on any atom is -0.344 e. The summed E-state index contributed by atoms with van der Waals surface area (Å²) in [5.74, 6) is -0.678. The van der Waals surface area contributed by atoms with Crippen LogP contribution in [0.3, 0.4) is 0 Å². The van der Waals surface area contributed by atoms with Crippen LogP contribution in [0.5, 0.6) is 0 Å². The van der Waals surface area contributed by atoms with E-state index in [4.69, 9.17) is 0 Å². The zero-order valence-electron chi connectivity index (χ0n) is 15.3.